The summed E-state index contributed by atoms with van der Waals surface area (Å²) in [6, 6.07) is 11.1. The first kappa shape index (κ1) is 26.9. The highest BCUT2D eigenvalue weighted by Gasteiger charge is 2.32. The summed E-state index contributed by atoms with van der Waals surface area (Å²) in [7, 11) is 0. The monoisotopic (exact) mass is 566 g/mol. The zero-order chi connectivity index (χ0) is 25.7. The van der Waals surface area contributed by atoms with E-state index < -0.39 is 5.97 Å². The van der Waals surface area contributed by atoms with Gasteiger partial charge in [0.05, 0.1) is 34.6 Å². The van der Waals surface area contributed by atoms with Gasteiger partial charge >= 0.3 is 5.97 Å². The maximum absolute atomic E-state index is 13.0. The van der Waals surface area contributed by atoms with Crippen molar-refractivity contribution in [2.24, 2.45) is 0 Å². The summed E-state index contributed by atoms with van der Waals surface area (Å²) in [5.41, 5.74) is 2.45. The summed E-state index contributed by atoms with van der Waals surface area (Å²) >= 11 is 18.8. The molecule has 2 aromatic rings. The number of hydrogen-bond donors (Lipinski definition) is 1. The average Bonchev–Trinajstić information content (AvgIpc) is 3.12. The van der Waals surface area contributed by atoms with E-state index in [-0.39, 0.29) is 18.9 Å². The second-order valence-electron chi connectivity index (χ2n) is 8.16. The van der Waals surface area contributed by atoms with Gasteiger partial charge in [0.1, 0.15) is 16.7 Å². The molecule has 0 bridgehead atoms. The van der Waals surface area contributed by atoms with Gasteiger partial charge < -0.3 is 14.6 Å². The van der Waals surface area contributed by atoms with Gasteiger partial charge in [-0.1, -0.05) is 59.3 Å². The Kier molecular flexibility index (Phi) is 9.27. The topological polar surface area (TPSA) is 79.3 Å². The van der Waals surface area contributed by atoms with Crippen LogP contribution in [0.2, 0.25) is 10.0 Å². The number of carbonyl (C=O) groups excluding carboxylic acids is 1. The molecule has 2 fully saturated rings. The van der Waals surface area contributed by atoms with Crippen molar-refractivity contribution in [2.45, 2.75) is 6.42 Å². The number of halogens is 2. The number of ether oxygens (including phenoxy) is 2. The summed E-state index contributed by atoms with van der Waals surface area (Å²) in [4.78, 5) is 27.9. The largest absolute Gasteiger partial charge is 0.492 e. The molecule has 190 valence electrons. The Labute approximate surface area is 228 Å². The van der Waals surface area contributed by atoms with Crippen LogP contribution in [0.5, 0.6) is 5.75 Å². The van der Waals surface area contributed by atoms with Crippen LogP contribution in [0.15, 0.2) is 41.3 Å². The number of thiocarbonyl (C=S) groups is 1. The zero-order valence-electron chi connectivity index (χ0n) is 19.2. The molecule has 0 unspecified atom stereocenters. The summed E-state index contributed by atoms with van der Waals surface area (Å²) in [6.45, 7) is 4.43. The van der Waals surface area contributed by atoms with Crippen LogP contribution in [0.3, 0.4) is 0 Å². The first-order valence-corrected chi connectivity index (χ1v) is 13.3. The van der Waals surface area contributed by atoms with Crippen molar-refractivity contribution in [1.82, 2.24) is 9.80 Å². The van der Waals surface area contributed by atoms with Gasteiger partial charge in [0.25, 0.3) is 5.91 Å². The van der Waals surface area contributed by atoms with Gasteiger partial charge in [-0.15, -0.1) is 0 Å². The highest BCUT2D eigenvalue weighted by molar-refractivity contribution is 8.26. The third kappa shape index (κ3) is 6.79. The molecule has 2 aliphatic heterocycles. The smallest absolute Gasteiger partial charge is 0.305 e. The third-order valence-electron chi connectivity index (χ3n) is 5.74. The Morgan fingerprint density at radius 3 is 2.56 bits per heavy atom. The minimum atomic E-state index is -0.988. The van der Waals surface area contributed by atoms with Crippen molar-refractivity contribution in [3.63, 3.8) is 0 Å². The lowest BCUT2D eigenvalue weighted by Gasteiger charge is -2.26. The first-order valence-electron chi connectivity index (χ1n) is 11.3. The zero-order valence-corrected chi connectivity index (χ0v) is 22.4. The van der Waals surface area contributed by atoms with E-state index >= 15 is 0 Å². The standard InChI is InChI=1S/C25H24Cl2N2O5S2/c26-19-3-1-17(14-20(19)27)16-2-4-21(34-12-9-28-7-10-33-11-8-28)18(13-16)15-22-24(32)29(25(35)36-22)6-5-23(30)31/h1-4,13-15H,5-12H2,(H,30,31). The van der Waals surface area contributed by atoms with Gasteiger partial charge in [-0.25, -0.2) is 0 Å². The van der Waals surface area contributed by atoms with Gasteiger partial charge in [-0.05, 0) is 41.5 Å². The van der Waals surface area contributed by atoms with Gasteiger partial charge in [0, 0.05) is 31.7 Å². The molecule has 4 rings (SSSR count). The van der Waals surface area contributed by atoms with Crippen LogP contribution < -0.4 is 4.74 Å². The number of nitrogens with zero attached hydrogens (tertiary/aromatic N) is 2. The van der Waals surface area contributed by atoms with Crippen molar-refractivity contribution >= 4 is 69.5 Å². The molecule has 11 heteroatoms. The molecular weight excluding hydrogens is 543 g/mol. The van der Waals surface area contributed by atoms with Crippen LogP contribution >= 0.6 is 47.2 Å². The number of morpholine rings is 1. The van der Waals surface area contributed by atoms with E-state index in [0.717, 1.165) is 42.5 Å². The van der Waals surface area contributed by atoms with Crippen LogP contribution in [0.4, 0.5) is 0 Å². The van der Waals surface area contributed by atoms with E-state index in [0.29, 0.717) is 50.4 Å². The molecule has 0 atom stereocenters. The van der Waals surface area contributed by atoms with E-state index in [1.165, 1.54) is 4.90 Å². The number of carboxylic acid groups (broad SMARTS) is 1. The summed E-state index contributed by atoms with van der Waals surface area (Å²) in [6.07, 6.45) is 1.56. The molecule has 0 spiro atoms. The fourth-order valence-corrected chi connectivity index (χ4v) is 5.40. The van der Waals surface area contributed by atoms with E-state index in [4.69, 9.17) is 50.0 Å². The van der Waals surface area contributed by atoms with Gasteiger partial charge in [-0.2, -0.15) is 0 Å². The molecular formula is C25H24Cl2N2O5S2. The molecule has 2 heterocycles. The second-order valence-corrected chi connectivity index (χ2v) is 10.7. The molecule has 2 aliphatic rings. The van der Waals surface area contributed by atoms with E-state index in [1.54, 1.807) is 18.2 Å². The Balaban J connectivity index is 1.60. The average molecular weight is 568 g/mol. The van der Waals surface area contributed by atoms with Crippen LogP contribution in [-0.2, 0) is 14.3 Å². The maximum Gasteiger partial charge on any atom is 0.305 e. The van der Waals surface area contributed by atoms with Crippen molar-refractivity contribution in [3.05, 3.63) is 56.9 Å². The number of aliphatic carboxylic acids is 1. The van der Waals surface area contributed by atoms with Crippen molar-refractivity contribution < 1.29 is 24.2 Å². The fraction of sp³-hybridized carbons (Fsp3) is 0.320. The molecule has 2 aromatic carbocycles. The SMILES string of the molecule is O=C(O)CCN1C(=O)C(=Cc2cc(-c3ccc(Cl)c(Cl)c3)ccc2OCCN2CCOCC2)SC1=S. The lowest BCUT2D eigenvalue weighted by molar-refractivity contribution is -0.137. The molecule has 1 N–H and O–H groups in total. The molecule has 0 radical (unpaired) electrons. The van der Waals surface area contributed by atoms with Crippen LogP contribution in [0.25, 0.3) is 17.2 Å². The fourth-order valence-electron chi connectivity index (χ4n) is 3.80. The Morgan fingerprint density at radius 2 is 1.83 bits per heavy atom. The van der Waals surface area contributed by atoms with Crippen LogP contribution in [-0.4, -0.2) is 77.1 Å². The predicted molar refractivity (Wildman–Crippen MR) is 147 cm³/mol. The Bertz CT molecular complexity index is 1200. The first-order chi connectivity index (χ1) is 17.3. The quantitative estimate of drug-likeness (QED) is 0.334. The predicted octanol–water partition coefficient (Wildman–Crippen LogP) is 5.05. The van der Waals surface area contributed by atoms with E-state index in [9.17, 15) is 9.59 Å². The Morgan fingerprint density at radius 1 is 1.11 bits per heavy atom. The summed E-state index contributed by atoms with van der Waals surface area (Å²) in [5, 5.41) is 9.90. The number of amides is 1. The number of hydrogen-bond acceptors (Lipinski definition) is 7. The highest BCUT2D eigenvalue weighted by atomic mass is 35.5. The number of benzene rings is 2. The van der Waals surface area contributed by atoms with E-state index in [2.05, 4.69) is 4.90 Å². The third-order valence-corrected chi connectivity index (χ3v) is 7.86. The summed E-state index contributed by atoms with van der Waals surface area (Å²) < 4.78 is 11.9. The van der Waals surface area contributed by atoms with E-state index in [1.807, 2.05) is 24.3 Å². The lowest BCUT2D eigenvalue weighted by atomic mass is 10.0. The van der Waals surface area contributed by atoms with Crippen LogP contribution in [0, 0.1) is 0 Å². The minimum absolute atomic E-state index is 0.0313. The van der Waals surface area contributed by atoms with Crippen molar-refractivity contribution in [1.29, 1.82) is 0 Å². The second kappa shape index (κ2) is 12.4. The molecule has 0 saturated carbocycles. The molecule has 0 aromatic heterocycles. The maximum atomic E-state index is 13.0. The van der Waals surface area contributed by atoms with Gasteiger partial charge in [0.15, 0.2) is 0 Å². The van der Waals surface area contributed by atoms with Gasteiger partial charge in [0.2, 0.25) is 0 Å². The Hall–Kier alpha value is -2.14. The minimum Gasteiger partial charge on any atom is -0.492 e. The van der Waals surface area contributed by atoms with Crippen molar-refractivity contribution in [2.75, 3.05) is 46.0 Å². The number of thioether (sulfide) groups is 1. The molecule has 1 amide bonds. The highest BCUT2D eigenvalue weighted by Crippen LogP contribution is 2.36. The number of carbonyl (C=O) groups is 2. The van der Waals surface area contributed by atoms with Crippen LogP contribution in [0.1, 0.15) is 12.0 Å². The number of carboxylic acids is 1. The van der Waals surface area contributed by atoms with Gasteiger partial charge in [-0.3, -0.25) is 19.4 Å². The lowest BCUT2D eigenvalue weighted by Crippen LogP contribution is -2.38. The van der Waals surface area contributed by atoms with Crippen molar-refractivity contribution in [3.8, 4) is 16.9 Å². The summed E-state index contributed by atoms with van der Waals surface area (Å²) in [5.74, 6) is -0.674. The number of rotatable bonds is 9. The molecule has 36 heavy (non-hydrogen) atoms. The molecule has 7 nitrogen and oxygen atoms in total. The molecule has 2 saturated heterocycles. The normalized spacial score (nSPS) is 17.7. The molecule has 0 aliphatic carbocycles.